The number of unbranched alkanes of at least 4 members (excludes halogenated alkanes) is 3. The number of ether oxygens (including phenoxy) is 2. The monoisotopic (exact) mass is 1080 g/mol. The number of carbonyl (C=O) groups excluding carboxylic acids is 4. The van der Waals surface area contributed by atoms with E-state index in [4.69, 9.17) is 9.47 Å². The van der Waals surface area contributed by atoms with E-state index in [2.05, 4.69) is 42.0 Å². The van der Waals surface area contributed by atoms with E-state index in [1.165, 1.54) is 0 Å². The summed E-state index contributed by atoms with van der Waals surface area (Å²) in [5, 5.41) is 34.2. The zero-order valence-electron chi connectivity index (χ0n) is 40.2. The van der Waals surface area contributed by atoms with Gasteiger partial charge in [0.15, 0.2) is 0 Å². The molecule has 10 atom stereocenters. The molecule has 4 rings (SSSR count). The first-order chi connectivity index (χ1) is 32.1. The Morgan fingerprint density at radius 3 is 1.53 bits per heavy atom. The molecule has 4 amide bonds. The molecule has 25 nitrogen and oxygen atoms in total. The van der Waals surface area contributed by atoms with Crippen LogP contribution in [0.2, 0.25) is 0 Å². The molecule has 0 aliphatic heterocycles. The smallest absolute Gasteiger partial charge is 0.407 e. The maximum Gasteiger partial charge on any atom is 0.407 e. The highest BCUT2D eigenvalue weighted by Crippen LogP contribution is 2.71. The van der Waals surface area contributed by atoms with Gasteiger partial charge in [0, 0.05) is 31.8 Å². The van der Waals surface area contributed by atoms with Crippen LogP contribution in [0.3, 0.4) is 0 Å². The Morgan fingerprint density at radius 2 is 1.04 bits per heavy atom. The van der Waals surface area contributed by atoms with Gasteiger partial charge in [0.1, 0.15) is 12.2 Å². The van der Waals surface area contributed by atoms with Gasteiger partial charge in [0.2, 0.25) is 11.8 Å². The summed E-state index contributed by atoms with van der Waals surface area (Å²) in [6.45, 7) is 6.59. The molecule has 4 saturated carbocycles. The van der Waals surface area contributed by atoms with Crippen LogP contribution >= 0.6 is 30.4 Å². The fourth-order valence-electron chi connectivity index (χ4n) is 12.4. The minimum Gasteiger partial charge on any atom is -0.446 e. The topological polar surface area (TPSA) is 426 Å². The van der Waals surface area contributed by atoms with E-state index in [0.717, 1.165) is 51.4 Å². The van der Waals surface area contributed by atoms with Crippen LogP contribution in [0.5, 0.6) is 0 Å². The van der Waals surface area contributed by atoms with Gasteiger partial charge in [-0.3, -0.25) is 27.8 Å². The van der Waals surface area contributed by atoms with Crippen molar-refractivity contribution in [1.82, 2.24) is 21.3 Å². The van der Waals surface area contributed by atoms with E-state index in [0.29, 0.717) is 25.7 Å². The highest BCUT2D eigenvalue weighted by molar-refractivity contribution is 7.72. The lowest BCUT2D eigenvalue weighted by molar-refractivity contribution is -0.179. The molecular weight excluding hydrogens is 1010 g/mol. The summed E-state index contributed by atoms with van der Waals surface area (Å²) >= 11 is 0. The number of hydrogen-bond acceptors (Lipinski definition) is 13. The predicted octanol–water partition coefficient (Wildman–Crippen LogP) is 2.96. The average Bonchev–Trinajstić information content (AvgIpc) is 3.61. The highest BCUT2D eigenvalue weighted by atomic mass is 31.2. The fraction of sp³-hybridized carbons (Fsp3) is 0.902. The first-order valence-corrected chi connectivity index (χ1v) is 30.3. The zero-order valence-corrected chi connectivity index (χ0v) is 43.8. The van der Waals surface area contributed by atoms with Gasteiger partial charge in [-0.25, -0.2) is 9.59 Å². The van der Waals surface area contributed by atoms with Crippen molar-refractivity contribution in [3.05, 3.63) is 0 Å². The first kappa shape index (κ1) is 60.5. The van der Waals surface area contributed by atoms with Crippen molar-refractivity contribution in [3.63, 3.8) is 0 Å². The Balaban J connectivity index is 1.43. The minimum atomic E-state index is -5.69. The Hall–Kier alpha value is -2.04. The first-order valence-electron chi connectivity index (χ1n) is 23.9. The van der Waals surface area contributed by atoms with Crippen LogP contribution in [0.15, 0.2) is 0 Å². The summed E-state index contributed by atoms with van der Waals surface area (Å²) in [7, 11) is -22.7. The van der Waals surface area contributed by atoms with Gasteiger partial charge in [-0.05, 0) is 112 Å². The van der Waals surface area contributed by atoms with Crippen molar-refractivity contribution in [2.45, 2.75) is 165 Å². The number of amides is 4. The summed E-state index contributed by atoms with van der Waals surface area (Å²) < 4.78 is 58.4. The second kappa shape index (κ2) is 23.2. The number of carbonyl (C=O) groups is 4. The molecule has 0 saturated heterocycles. The molecule has 4 aliphatic carbocycles. The fourth-order valence-corrected chi connectivity index (χ4v) is 16.9. The maximum atomic E-state index is 13.5. The summed E-state index contributed by atoms with van der Waals surface area (Å²) in [6, 6.07) is 0. The van der Waals surface area contributed by atoms with Crippen molar-refractivity contribution < 1.29 is 101 Å². The third kappa shape index (κ3) is 13.8. The Kier molecular flexibility index (Phi) is 20.1. The molecule has 0 heterocycles. The Morgan fingerprint density at radius 1 is 0.571 bits per heavy atom. The number of rotatable bonds is 24. The molecule has 70 heavy (non-hydrogen) atoms. The van der Waals surface area contributed by atoms with Crippen molar-refractivity contribution >= 4 is 54.4 Å². The second-order valence-corrected chi connectivity index (χ2v) is 28.7. The molecular formula is C41H76N4O21P4. The molecule has 10 unspecified atom stereocenters. The third-order valence-corrected chi connectivity index (χ3v) is 23.9. The number of hydrogen-bond donors (Lipinski definition) is 15. The van der Waals surface area contributed by atoms with Crippen LogP contribution in [0.25, 0.3) is 0 Å². The molecule has 4 fully saturated rings. The van der Waals surface area contributed by atoms with Gasteiger partial charge in [-0.1, -0.05) is 46.5 Å². The van der Waals surface area contributed by atoms with Gasteiger partial charge < -0.3 is 85.2 Å². The van der Waals surface area contributed by atoms with Crippen LogP contribution in [0.4, 0.5) is 9.59 Å². The van der Waals surface area contributed by atoms with Crippen molar-refractivity contribution in [2.24, 2.45) is 40.4 Å². The standard InChI is InChI=1S/C41H76N4O21P4/c1-5-6-7-8-15-39(4,50)32-12-11-28-27-23-31(66-36(49)45-25-34(47)43-21-10-17-41(52,69(59,60)61)70(62,63)64)30-22-26(13-18-37(30,2)29(27)14-19-38(28,32)3)65-35(48)44-24-33(46)42-20-9-16-40(51,67(53,54)55)68(56,57)58/h26-32,50-52H,5-25H2,1-4H3,(H,42,46)(H,43,47)(H,44,48)(H,45,49)(H2,53,54,55)(H2,56,57,58)(H2,59,60,61)(H2,62,63,64). The van der Waals surface area contributed by atoms with E-state index in [9.17, 15) is 91.9 Å². The number of alkyl carbamates (subject to hydrolysis) is 2. The molecule has 29 heteroatoms. The summed E-state index contributed by atoms with van der Waals surface area (Å²) in [4.78, 5) is 126. The lowest BCUT2D eigenvalue weighted by Gasteiger charge is -2.63. The second-order valence-electron chi connectivity index (χ2n) is 20.7. The average molecular weight is 1080 g/mol. The van der Waals surface area contributed by atoms with E-state index >= 15 is 0 Å². The largest absolute Gasteiger partial charge is 0.446 e. The third-order valence-electron chi connectivity index (χ3n) is 16.1. The normalized spacial score (nSPS) is 29.3. The minimum absolute atomic E-state index is 0.0621. The van der Waals surface area contributed by atoms with E-state index in [1.807, 2.05) is 6.92 Å². The Bertz CT molecular complexity index is 2020. The number of nitrogens with one attached hydrogen (secondary N) is 4. The van der Waals surface area contributed by atoms with Crippen LogP contribution in [0.1, 0.15) is 137 Å². The van der Waals surface area contributed by atoms with Crippen LogP contribution in [-0.2, 0) is 37.3 Å². The molecule has 0 spiro atoms. The summed E-state index contributed by atoms with van der Waals surface area (Å²) in [6.07, 6.45) is 3.82. The van der Waals surface area contributed by atoms with Crippen LogP contribution < -0.4 is 21.3 Å². The van der Waals surface area contributed by atoms with E-state index in [-0.39, 0.29) is 54.5 Å². The lowest BCUT2D eigenvalue weighted by atomic mass is 9.43. The predicted molar refractivity (Wildman–Crippen MR) is 249 cm³/mol. The molecule has 0 aromatic heterocycles. The quantitative estimate of drug-likeness (QED) is 0.0488. The van der Waals surface area contributed by atoms with Gasteiger partial charge >= 0.3 is 42.6 Å². The van der Waals surface area contributed by atoms with Gasteiger partial charge in [0.05, 0.1) is 18.7 Å². The SMILES string of the molecule is CCCCCCC(C)(O)C1CCC2C3CC(OC(=O)NCC(=O)NCCCC(O)(P(=O)(O)O)P(=O)(O)O)C4CC(OC(=O)NCC(=O)NCCCC(O)(P(=O)(O)O)P(=O)(O)O)CCC4(C)C3CCC21C. The zero-order chi connectivity index (χ0) is 52.9. The molecule has 0 radical (unpaired) electrons. The maximum absolute atomic E-state index is 13.5. The molecule has 0 aromatic carbocycles. The lowest BCUT2D eigenvalue weighted by Crippen LogP contribution is -2.60. The Labute approximate surface area is 407 Å². The molecule has 406 valence electrons. The van der Waals surface area contributed by atoms with E-state index in [1.54, 1.807) is 0 Å². The van der Waals surface area contributed by atoms with Gasteiger partial charge in [-0.15, -0.1) is 0 Å². The highest BCUT2D eigenvalue weighted by Gasteiger charge is 2.65. The van der Waals surface area contributed by atoms with Crippen molar-refractivity contribution in [2.75, 3.05) is 26.2 Å². The van der Waals surface area contributed by atoms with E-state index < -0.39 is 127 Å². The molecule has 15 N–H and O–H groups in total. The van der Waals surface area contributed by atoms with Crippen molar-refractivity contribution in [3.8, 4) is 0 Å². The molecule has 0 bridgehead atoms. The molecule has 0 aromatic rings. The van der Waals surface area contributed by atoms with Crippen LogP contribution in [-0.4, -0.2) is 133 Å². The van der Waals surface area contributed by atoms with Gasteiger partial charge in [0.25, 0.3) is 10.2 Å². The van der Waals surface area contributed by atoms with Crippen LogP contribution in [0, 0.1) is 40.4 Å². The molecule has 4 aliphatic rings. The summed E-state index contributed by atoms with van der Waals surface area (Å²) in [5.41, 5.74) is -1.46. The van der Waals surface area contributed by atoms with Gasteiger partial charge in [-0.2, -0.15) is 0 Å². The number of fused-ring (bicyclic) bond motifs is 5. The summed E-state index contributed by atoms with van der Waals surface area (Å²) in [5.74, 6) is -1.33. The number of aliphatic hydroxyl groups is 3. The van der Waals surface area contributed by atoms with Crippen molar-refractivity contribution in [1.29, 1.82) is 0 Å².